The van der Waals surface area contributed by atoms with Crippen LogP contribution in [0.4, 0.5) is 36.6 Å². The molecule has 3 aromatic heterocycles. The third kappa shape index (κ3) is 5.06. The van der Waals surface area contributed by atoms with Crippen molar-refractivity contribution in [3.63, 3.8) is 0 Å². The van der Waals surface area contributed by atoms with E-state index in [1.54, 1.807) is 4.90 Å². The number of aromatic amines is 1. The fourth-order valence-corrected chi connectivity index (χ4v) is 8.43. The minimum absolute atomic E-state index is 0.0209. The zero-order chi connectivity index (χ0) is 33.6. The average molecular weight is 677 g/mol. The molecule has 16 heteroatoms. The van der Waals surface area contributed by atoms with Gasteiger partial charge in [0.2, 0.25) is 0 Å². The van der Waals surface area contributed by atoms with Crippen molar-refractivity contribution in [3.8, 4) is 17.3 Å². The van der Waals surface area contributed by atoms with Crippen LogP contribution < -0.4 is 15.0 Å². The van der Waals surface area contributed by atoms with E-state index in [1.165, 1.54) is 25.4 Å². The first-order valence-electron chi connectivity index (χ1n) is 15.8. The van der Waals surface area contributed by atoms with Gasteiger partial charge >= 0.3 is 12.2 Å². The van der Waals surface area contributed by atoms with Crippen molar-refractivity contribution in [2.45, 2.75) is 68.5 Å². The average Bonchev–Trinajstić information content (AvgIpc) is 3.77. The van der Waals surface area contributed by atoms with Crippen LogP contribution in [-0.2, 0) is 6.18 Å². The molecule has 4 aliphatic rings. The van der Waals surface area contributed by atoms with Crippen LogP contribution in [0.5, 0.6) is 6.01 Å². The molecule has 4 atom stereocenters. The highest BCUT2D eigenvalue weighted by Crippen LogP contribution is 2.45. The quantitative estimate of drug-likeness (QED) is 0.238. The van der Waals surface area contributed by atoms with Gasteiger partial charge in [0.25, 0.3) is 6.08 Å². The second-order valence-electron chi connectivity index (χ2n) is 13.5. The van der Waals surface area contributed by atoms with Crippen LogP contribution in [0.2, 0.25) is 0 Å². The second-order valence-corrected chi connectivity index (χ2v) is 13.5. The third-order valence-corrected chi connectivity index (χ3v) is 10.4. The maximum atomic E-state index is 16.8. The number of pyridine rings is 1. The summed E-state index contributed by atoms with van der Waals surface area (Å²) in [6.07, 6.45) is -1.59. The molecule has 4 aliphatic heterocycles. The number of hydrogen-bond acceptors (Lipinski definition) is 8. The fraction of sp³-hybridized carbons (Fsp3) is 0.500. The molecule has 0 saturated carbocycles. The molecule has 48 heavy (non-hydrogen) atoms. The van der Waals surface area contributed by atoms with Gasteiger partial charge in [0.1, 0.15) is 29.8 Å². The Bertz CT molecular complexity index is 1960. The third-order valence-electron chi connectivity index (χ3n) is 10.4. The SMILES string of the molecule is Cc1cc2[nH]ncc2c(-c2ncc3c(N4C[C@H]5CC[C@@](C=C(F)F)(C4)N5)nc(OCC45CCCN4C[C@H](F)C5)nc3c2F)c1C(F)(F)F. The fourth-order valence-electron chi connectivity index (χ4n) is 8.43. The number of piperazine rings is 1. The van der Waals surface area contributed by atoms with E-state index >= 15 is 4.39 Å². The number of benzene rings is 1. The summed E-state index contributed by atoms with van der Waals surface area (Å²) in [7, 11) is 0. The van der Waals surface area contributed by atoms with Crippen LogP contribution >= 0.6 is 0 Å². The van der Waals surface area contributed by atoms with E-state index in [0.717, 1.165) is 12.5 Å². The van der Waals surface area contributed by atoms with Gasteiger partial charge in [0.15, 0.2) is 5.82 Å². The molecule has 0 spiro atoms. The molecule has 254 valence electrons. The first kappa shape index (κ1) is 31.2. The number of H-pyrrole nitrogens is 1. The van der Waals surface area contributed by atoms with Gasteiger partial charge in [-0.05, 0) is 50.8 Å². The molecule has 2 N–H and O–H groups in total. The van der Waals surface area contributed by atoms with E-state index in [9.17, 15) is 26.3 Å². The lowest BCUT2D eigenvalue weighted by molar-refractivity contribution is -0.137. The molecule has 0 amide bonds. The van der Waals surface area contributed by atoms with Crippen molar-refractivity contribution >= 4 is 27.6 Å². The maximum Gasteiger partial charge on any atom is 0.417 e. The van der Waals surface area contributed by atoms with Gasteiger partial charge < -0.3 is 15.0 Å². The molecule has 1 unspecified atom stereocenters. The van der Waals surface area contributed by atoms with E-state index < -0.39 is 52.1 Å². The summed E-state index contributed by atoms with van der Waals surface area (Å²) in [5.41, 5.74) is -4.01. The molecule has 4 fully saturated rings. The molecule has 9 nitrogen and oxygen atoms in total. The Morgan fingerprint density at radius 1 is 1.15 bits per heavy atom. The minimum Gasteiger partial charge on any atom is -0.461 e. The lowest BCUT2D eigenvalue weighted by atomic mass is 9.94. The van der Waals surface area contributed by atoms with Crippen LogP contribution in [-0.4, -0.2) is 86.1 Å². The Morgan fingerprint density at radius 3 is 2.77 bits per heavy atom. The Balaban J connectivity index is 1.29. The lowest BCUT2D eigenvalue weighted by Gasteiger charge is -2.40. The number of ether oxygens (including phenoxy) is 1. The number of nitrogens with zero attached hydrogens (tertiary/aromatic N) is 6. The van der Waals surface area contributed by atoms with Crippen molar-refractivity contribution in [2.24, 2.45) is 0 Å². The topological polar surface area (TPSA) is 95.1 Å². The summed E-state index contributed by atoms with van der Waals surface area (Å²) < 4.78 is 108. The Kier molecular flexibility index (Phi) is 7.15. The van der Waals surface area contributed by atoms with E-state index in [0.29, 0.717) is 32.4 Å². The molecule has 1 aromatic carbocycles. The number of fused-ring (bicyclic) bond motifs is 5. The Morgan fingerprint density at radius 2 is 1.98 bits per heavy atom. The highest BCUT2D eigenvalue weighted by Gasteiger charge is 2.50. The van der Waals surface area contributed by atoms with Crippen molar-refractivity contribution in [1.82, 2.24) is 35.4 Å². The summed E-state index contributed by atoms with van der Waals surface area (Å²) in [6, 6.07) is 0.862. The molecule has 0 aliphatic carbocycles. The van der Waals surface area contributed by atoms with Crippen LogP contribution in [0.1, 0.15) is 43.2 Å². The largest absolute Gasteiger partial charge is 0.461 e. The number of hydrogen-bond donors (Lipinski definition) is 2. The van der Waals surface area contributed by atoms with E-state index in [2.05, 4.69) is 30.5 Å². The van der Waals surface area contributed by atoms with Crippen molar-refractivity contribution in [3.05, 3.63) is 47.6 Å². The van der Waals surface area contributed by atoms with Gasteiger partial charge in [-0.3, -0.25) is 15.0 Å². The summed E-state index contributed by atoms with van der Waals surface area (Å²) in [4.78, 5) is 17.0. The van der Waals surface area contributed by atoms with Gasteiger partial charge in [0.05, 0.1) is 33.7 Å². The normalized spacial score (nSPS) is 27.3. The van der Waals surface area contributed by atoms with Gasteiger partial charge in [0, 0.05) is 55.3 Å². The number of anilines is 1. The van der Waals surface area contributed by atoms with Crippen molar-refractivity contribution < 1.29 is 35.5 Å². The number of rotatable bonds is 6. The Hall–Kier alpha value is -4.05. The minimum atomic E-state index is -4.85. The zero-order valence-electron chi connectivity index (χ0n) is 25.8. The molecule has 4 saturated heterocycles. The monoisotopic (exact) mass is 676 g/mol. The van der Waals surface area contributed by atoms with Crippen molar-refractivity contribution in [1.29, 1.82) is 0 Å². The number of aryl methyl sites for hydroxylation is 1. The van der Waals surface area contributed by atoms with Crippen LogP contribution in [0, 0.1) is 12.7 Å². The van der Waals surface area contributed by atoms with Gasteiger partial charge in [-0.15, -0.1) is 0 Å². The van der Waals surface area contributed by atoms with Crippen molar-refractivity contribution in [2.75, 3.05) is 37.7 Å². The standard InChI is InChI=1S/C32H31F7N8O/c1-16-7-21-19(11-41-45-21)23(24(16)32(37,38)39)27-25(36)26-20(10-40-27)28(46-13-18-3-5-30(14-46,44-18)9-22(34)35)43-29(42-26)48-15-31-4-2-6-47(31)12-17(33)8-31/h7,9-11,17-18,44H,2-6,8,12-15H2,1H3,(H,41,45)/t17-,18-,30-,31?/m1/s1. The van der Waals surface area contributed by atoms with E-state index in [1.807, 2.05) is 4.90 Å². The second kappa shape index (κ2) is 11.0. The molecular weight excluding hydrogens is 645 g/mol. The van der Waals surface area contributed by atoms with E-state index in [4.69, 9.17) is 4.74 Å². The predicted molar refractivity (Wildman–Crippen MR) is 162 cm³/mol. The molecule has 4 aromatic rings. The smallest absolute Gasteiger partial charge is 0.417 e. The predicted octanol–water partition coefficient (Wildman–Crippen LogP) is 6.08. The number of aromatic nitrogens is 5. The molecule has 7 heterocycles. The highest BCUT2D eigenvalue weighted by molar-refractivity contribution is 5.99. The number of alkyl halides is 4. The molecule has 8 rings (SSSR count). The van der Waals surface area contributed by atoms with E-state index in [-0.39, 0.29) is 71.4 Å². The first-order valence-corrected chi connectivity index (χ1v) is 15.8. The summed E-state index contributed by atoms with van der Waals surface area (Å²) in [6.45, 7) is 2.68. The highest BCUT2D eigenvalue weighted by atomic mass is 19.4. The van der Waals surface area contributed by atoms with Crippen LogP contribution in [0.25, 0.3) is 33.1 Å². The number of nitrogens with one attached hydrogen (secondary N) is 2. The zero-order valence-corrected chi connectivity index (χ0v) is 25.8. The van der Waals surface area contributed by atoms with Gasteiger partial charge in [-0.25, -0.2) is 8.78 Å². The first-order chi connectivity index (χ1) is 22.8. The van der Waals surface area contributed by atoms with Crippen LogP contribution in [0.3, 0.4) is 0 Å². The summed E-state index contributed by atoms with van der Waals surface area (Å²) >= 11 is 0. The van der Waals surface area contributed by atoms with Crippen LogP contribution in [0.15, 0.2) is 30.6 Å². The molecular formula is C32H31F7N8O. The lowest BCUT2D eigenvalue weighted by Crippen LogP contribution is -2.59. The molecule has 0 radical (unpaired) electrons. The maximum absolute atomic E-state index is 16.8. The molecule has 2 bridgehead atoms. The Labute approximate surface area is 269 Å². The number of halogens is 7. The summed E-state index contributed by atoms with van der Waals surface area (Å²) in [5, 5.41) is 9.89. The van der Waals surface area contributed by atoms with Gasteiger partial charge in [-0.2, -0.15) is 37.0 Å². The van der Waals surface area contributed by atoms with Gasteiger partial charge in [-0.1, -0.05) is 0 Å². The summed E-state index contributed by atoms with van der Waals surface area (Å²) in [5.74, 6) is -0.977.